The summed E-state index contributed by atoms with van der Waals surface area (Å²) in [5.74, 6) is -6.56. The van der Waals surface area contributed by atoms with E-state index in [4.69, 9.17) is 11.5 Å². The SMILES string of the molecule is CC(C)CC(NC(=O)C1CCCN1c1ccc([N+](=O)[O-])cc1[N+](=O)[O-])C(=O)NC(C)C(=O)NC(Cc1ccc(O)cc1)C(=O)NC(Cc1c[nH]c2ccccc12)C(=O)NC(C)C(=O)NC(CCCN=C(N)N)C(=O)O. The first kappa shape index (κ1) is 57.1. The van der Waals surface area contributed by atoms with Gasteiger partial charge in [0, 0.05) is 49.1 Å². The smallest absolute Gasteiger partial charge is 0.326 e. The Bertz CT molecular complexity index is 2780. The van der Waals surface area contributed by atoms with Gasteiger partial charge in [0.25, 0.3) is 11.4 Å². The molecule has 75 heavy (non-hydrogen) atoms. The lowest BCUT2D eigenvalue weighted by Crippen LogP contribution is -2.60. The van der Waals surface area contributed by atoms with Gasteiger partial charge in [-0.15, -0.1) is 0 Å². The maximum absolute atomic E-state index is 14.5. The van der Waals surface area contributed by atoms with Crippen LogP contribution in [0.2, 0.25) is 0 Å². The third-order valence-corrected chi connectivity index (χ3v) is 12.4. The molecule has 1 fully saturated rings. The Labute approximate surface area is 430 Å². The number of carbonyl (C=O) groups is 7. The van der Waals surface area contributed by atoms with Crippen LogP contribution in [0.3, 0.4) is 0 Å². The van der Waals surface area contributed by atoms with E-state index in [9.17, 15) is 64.0 Å². The summed E-state index contributed by atoms with van der Waals surface area (Å²) in [6.07, 6.45) is 2.30. The fraction of sp³-hybridized carbons (Fsp3) is 0.429. The number of aromatic nitrogens is 1. The van der Waals surface area contributed by atoms with Crippen LogP contribution in [0.1, 0.15) is 70.9 Å². The van der Waals surface area contributed by atoms with E-state index >= 15 is 0 Å². The van der Waals surface area contributed by atoms with E-state index in [1.54, 1.807) is 44.3 Å². The number of non-ortho nitro benzene ring substituents is 1. The van der Waals surface area contributed by atoms with Gasteiger partial charge in [0.2, 0.25) is 35.4 Å². The number of phenols is 1. The zero-order valence-electron chi connectivity index (χ0n) is 41.7. The van der Waals surface area contributed by atoms with Crippen LogP contribution in [0.5, 0.6) is 5.75 Å². The van der Waals surface area contributed by atoms with E-state index in [0.717, 1.165) is 23.0 Å². The van der Waals surface area contributed by atoms with Crippen LogP contribution in [-0.2, 0) is 46.4 Å². The fourth-order valence-corrected chi connectivity index (χ4v) is 8.51. The predicted molar refractivity (Wildman–Crippen MR) is 274 cm³/mol. The summed E-state index contributed by atoms with van der Waals surface area (Å²) >= 11 is 0. The second kappa shape index (κ2) is 26.2. The minimum atomic E-state index is -1.43. The van der Waals surface area contributed by atoms with Crippen LogP contribution >= 0.6 is 0 Å². The number of phenolic OH excluding ortho intramolecular Hbond substituents is 1. The quantitative estimate of drug-likeness (QED) is 0.0139. The van der Waals surface area contributed by atoms with Gasteiger partial charge in [0.05, 0.1) is 15.9 Å². The monoisotopic (exact) mass is 1040 g/mol. The number of benzene rings is 3. The van der Waals surface area contributed by atoms with Crippen molar-refractivity contribution < 1.29 is 53.6 Å². The highest BCUT2D eigenvalue weighted by molar-refractivity contribution is 5.98. The topological polar surface area (TPSA) is 402 Å². The summed E-state index contributed by atoms with van der Waals surface area (Å²) in [5.41, 5.74) is 11.4. The number of fused-ring (bicyclic) bond motifs is 1. The van der Waals surface area contributed by atoms with Crippen molar-refractivity contribution in [1.82, 2.24) is 36.9 Å². The number of anilines is 1. The van der Waals surface area contributed by atoms with Crippen LogP contribution in [0, 0.1) is 26.1 Å². The number of H-pyrrole nitrogens is 1. The van der Waals surface area contributed by atoms with Gasteiger partial charge < -0.3 is 63.5 Å². The molecule has 4 aromatic rings. The summed E-state index contributed by atoms with van der Waals surface area (Å²) in [6.45, 7) is 6.59. The Kier molecular flexibility index (Phi) is 19.9. The molecule has 3 aromatic carbocycles. The van der Waals surface area contributed by atoms with E-state index < -0.39 is 105 Å². The number of nitrogens with two attached hydrogens (primary N) is 2. The molecule has 1 aliphatic rings. The first-order valence-electron chi connectivity index (χ1n) is 24.2. The molecule has 0 aliphatic carbocycles. The van der Waals surface area contributed by atoms with E-state index in [0.29, 0.717) is 17.5 Å². The highest BCUT2D eigenvalue weighted by Gasteiger charge is 2.38. The summed E-state index contributed by atoms with van der Waals surface area (Å²) < 4.78 is 0. The molecule has 6 amide bonds. The Morgan fingerprint density at radius 1 is 0.760 bits per heavy atom. The summed E-state index contributed by atoms with van der Waals surface area (Å²) in [6, 6.07) is 7.04. The lowest BCUT2D eigenvalue weighted by molar-refractivity contribution is -0.393. The van der Waals surface area contributed by atoms with Crippen LogP contribution in [0.4, 0.5) is 17.1 Å². The summed E-state index contributed by atoms with van der Waals surface area (Å²) in [7, 11) is 0. The van der Waals surface area contributed by atoms with E-state index in [1.807, 2.05) is 0 Å². The summed E-state index contributed by atoms with van der Waals surface area (Å²) in [5, 5.41) is 59.5. The van der Waals surface area contributed by atoms with E-state index in [-0.39, 0.29) is 74.9 Å². The number of carboxylic acid groups (broad SMARTS) is 1. The first-order valence-corrected chi connectivity index (χ1v) is 24.2. The molecular formula is C49H63N13O13. The van der Waals surface area contributed by atoms with Crippen LogP contribution < -0.4 is 48.3 Å². The van der Waals surface area contributed by atoms with Crippen LogP contribution in [0.25, 0.3) is 10.9 Å². The molecule has 1 aromatic heterocycles. The van der Waals surface area contributed by atoms with Gasteiger partial charge in [-0.25, -0.2) is 4.79 Å². The van der Waals surface area contributed by atoms with Gasteiger partial charge in [0.15, 0.2) is 5.96 Å². The zero-order chi connectivity index (χ0) is 55.1. The minimum absolute atomic E-state index is 0.00799. The average Bonchev–Trinajstić information content (AvgIpc) is 4.02. The van der Waals surface area contributed by atoms with Gasteiger partial charge in [-0.05, 0) is 87.3 Å². The normalized spacial score (nSPS) is 15.5. The number of aromatic amines is 1. The zero-order valence-corrected chi connectivity index (χ0v) is 41.7. The molecule has 0 saturated carbocycles. The van der Waals surface area contributed by atoms with Crippen molar-refractivity contribution in [2.24, 2.45) is 22.4 Å². The maximum Gasteiger partial charge on any atom is 0.326 e. The maximum atomic E-state index is 14.5. The number of nitrogens with one attached hydrogen (secondary N) is 7. The number of nitro benzene ring substituents is 2. The van der Waals surface area contributed by atoms with Crippen molar-refractivity contribution in [1.29, 1.82) is 0 Å². The van der Waals surface area contributed by atoms with Crippen LogP contribution in [-0.4, -0.2) is 128 Å². The van der Waals surface area contributed by atoms with Crippen molar-refractivity contribution in [3.63, 3.8) is 0 Å². The standard InChI is InChI=1S/C49H63N13O13/c1-26(2)21-36(59-47(69)40-12-8-20-60(40)39-18-15-31(61(72)73)24-41(39)62(74)75)44(66)54-28(4)43(65)57-37(22-29-13-16-32(63)17-14-29)46(68)58-38(23-30-25-53-34-10-6-5-9-33(30)34)45(67)55-27(3)42(64)56-35(48(70)71)11-7-19-52-49(50)51/h5-6,9-10,13-18,24-28,35-38,40,53,63H,7-8,11-12,19-23H2,1-4H3,(H,54,66)(H,55,67)(H,56,64)(H,57,65)(H,58,68)(H,59,69)(H,70,71)(H4,50,51,52). The molecular weight excluding hydrogens is 979 g/mol. The number of nitrogens with zero attached hydrogens (tertiary/aromatic N) is 4. The fourth-order valence-electron chi connectivity index (χ4n) is 8.51. The second-order valence-corrected chi connectivity index (χ2v) is 18.6. The van der Waals surface area contributed by atoms with Crippen molar-refractivity contribution >= 4 is 75.3 Å². The van der Waals surface area contributed by atoms with Gasteiger partial charge in [-0.3, -0.25) is 54.0 Å². The number of carbonyl (C=O) groups excluding carboxylic acids is 6. The van der Waals surface area contributed by atoms with E-state index in [2.05, 4.69) is 41.9 Å². The molecule has 402 valence electrons. The Morgan fingerprint density at radius 2 is 1.36 bits per heavy atom. The number of amides is 6. The number of hydrogen-bond acceptors (Lipinski definition) is 14. The lowest BCUT2D eigenvalue weighted by atomic mass is 10.0. The second-order valence-electron chi connectivity index (χ2n) is 18.6. The van der Waals surface area contributed by atoms with Crippen LogP contribution in [0.15, 0.2) is 77.9 Å². The van der Waals surface area contributed by atoms with Crippen molar-refractivity contribution in [2.45, 2.75) is 115 Å². The number of aromatic hydroxyl groups is 1. The molecule has 26 nitrogen and oxygen atoms in total. The molecule has 0 bridgehead atoms. The third-order valence-electron chi connectivity index (χ3n) is 12.4. The molecule has 26 heteroatoms. The van der Waals surface area contributed by atoms with Crippen molar-refractivity contribution in [2.75, 3.05) is 18.0 Å². The first-order chi connectivity index (χ1) is 35.5. The molecule has 2 heterocycles. The van der Waals surface area contributed by atoms with E-state index in [1.165, 1.54) is 49.1 Å². The number of nitro groups is 2. The number of aliphatic carboxylic acids is 1. The Balaban J connectivity index is 1.34. The molecule has 0 spiro atoms. The molecule has 1 saturated heterocycles. The highest BCUT2D eigenvalue weighted by atomic mass is 16.6. The number of aliphatic imine (C=N–C) groups is 1. The average molecular weight is 1040 g/mol. The lowest BCUT2D eigenvalue weighted by Gasteiger charge is -2.29. The Hall–Kier alpha value is -8.84. The highest BCUT2D eigenvalue weighted by Crippen LogP contribution is 2.36. The number of hydrogen-bond donors (Lipinski definition) is 11. The summed E-state index contributed by atoms with van der Waals surface area (Å²) in [4.78, 5) is 126. The number of para-hydroxylation sites is 1. The molecule has 7 unspecified atom stereocenters. The molecule has 0 radical (unpaired) electrons. The number of carboxylic acids is 1. The number of rotatable bonds is 26. The van der Waals surface area contributed by atoms with Crippen molar-refractivity contribution in [3.8, 4) is 5.75 Å². The number of guanidine groups is 1. The molecule has 13 N–H and O–H groups in total. The van der Waals surface area contributed by atoms with Crippen molar-refractivity contribution in [3.05, 3.63) is 104 Å². The Morgan fingerprint density at radius 3 is 1.97 bits per heavy atom. The van der Waals surface area contributed by atoms with Gasteiger partial charge in [-0.2, -0.15) is 0 Å². The third kappa shape index (κ3) is 16.1. The molecule has 5 rings (SSSR count). The van der Waals surface area contributed by atoms with Gasteiger partial charge >= 0.3 is 5.97 Å². The predicted octanol–water partition coefficient (Wildman–Crippen LogP) is 1.28. The largest absolute Gasteiger partial charge is 0.508 e. The molecule has 7 atom stereocenters. The molecule has 1 aliphatic heterocycles. The van der Waals surface area contributed by atoms with Gasteiger partial charge in [0.1, 0.15) is 53.7 Å². The van der Waals surface area contributed by atoms with Gasteiger partial charge in [-0.1, -0.05) is 44.2 Å². The minimum Gasteiger partial charge on any atom is -0.508 e.